The first-order chi connectivity index (χ1) is 11.2. The van der Waals surface area contributed by atoms with Crippen molar-refractivity contribution in [1.82, 2.24) is 4.90 Å². The summed E-state index contributed by atoms with van der Waals surface area (Å²) in [4.78, 5) is 2.54. The Kier molecular flexibility index (Phi) is 12.0. The van der Waals surface area contributed by atoms with Gasteiger partial charge in [-0.05, 0) is 19.3 Å². The van der Waals surface area contributed by atoms with Crippen LogP contribution in [0.3, 0.4) is 0 Å². The van der Waals surface area contributed by atoms with E-state index < -0.39 is 0 Å². The number of hydrogen-bond donors (Lipinski definition) is 2. The van der Waals surface area contributed by atoms with Gasteiger partial charge in [0.05, 0.1) is 6.10 Å². The maximum Gasteiger partial charge on any atom is 0.0818 e. The zero-order valence-corrected chi connectivity index (χ0v) is 15.8. The number of nitrogens with zero attached hydrogens (tertiary/aromatic N) is 1. The van der Waals surface area contributed by atoms with Crippen molar-refractivity contribution in [2.45, 2.75) is 116 Å². The molecule has 23 heavy (non-hydrogen) atoms. The third-order valence-electron chi connectivity index (χ3n) is 5.46. The van der Waals surface area contributed by atoms with Crippen molar-refractivity contribution in [3.8, 4) is 0 Å². The van der Waals surface area contributed by atoms with Gasteiger partial charge in [-0.25, -0.2) is 0 Å². The minimum Gasteiger partial charge on any atom is -0.390 e. The van der Waals surface area contributed by atoms with Crippen LogP contribution in [0.5, 0.6) is 0 Å². The van der Waals surface area contributed by atoms with E-state index >= 15 is 0 Å². The van der Waals surface area contributed by atoms with Gasteiger partial charge in [0, 0.05) is 25.2 Å². The highest BCUT2D eigenvalue weighted by atomic mass is 16.3. The van der Waals surface area contributed by atoms with Crippen molar-refractivity contribution < 1.29 is 5.11 Å². The Hall–Kier alpha value is -0.120. The summed E-state index contributed by atoms with van der Waals surface area (Å²) in [6.45, 7) is 6.41. The van der Waals surface area contributed by atoms with Crippen LogP contribution >= 0.6 is 0 Å². The molecular weight excluding hydrogens is 284 g/mol. The summed E-state index contributed by atoms with van der Waals surface area (Å²) >= 11 is 0. The van der Waals surface area contributed by atoms with Crippen molar-refractivity contribution in [3.63, 3.8) is 0 Å². The number of aliphatic hydroxyl groups excluding tert-OH is 1. The molecule has 1 aliphatic rings. The maximum atomic E-state index is 10.1. The Morgan fingerprint density at radius 2 is 1.43 bits per heavy atom. The lowest BCUT2D eigenvalue weighted by Gasteiger charge is -2.39. The summed E-state index contributed by atoms with van der Waals surface area (Å²) in [5.74, 6) is 0. The molecule has 0 saturated carbocycles. The van der Waals surface area contributed by atoms with E-state index in [0.29, 0.717) is 6.04 Å². The van der Waals surface area contributed by atoms with Crippen molar-refractivity contribution >= 4 is 0 Å². The van der Waals surface area contributed by atoms with Gasteiger partial charge in [0.1, 0.15) is 0 Å². The molecule has 1 fully saturated rings. The first-order valence-corrected chi connectivity index (χ1v) is 10.4. The van der Waals surface area contributed by atoms with E-state index in [1.807, 2.05) is 0 Å². The summed E-state index contributed by atoms with van der Waals surface area (Å²) in [5, 5.41) is 10.1. The Balaban J connectivity index is 2.34. The van der Waals surface area contributed by atoms with Crippen LogP contribution in [0.25, 0.3) is 0 Å². The third-order valence-corrected chi connectivity index (χ3v) is 5.46. The lowest BCUT2D eigenvalue weighted by molar-refractivity contribution is 0.0263. The molecule has 138 valence electrons. The normalized spacial score (nSPS) is 22.8. The van der Waals surface area contributed by atoms with Gasteiger partial charge in [0.25, 0.3) is 0 Å². The van der Waals surface area contributed by atoms with Gasteiger partial charge < -0.3 is 10.8 Å². The second-order valence-electron chi connectivity index (χ2n) is 7.57. The van der Waals surface area contributed by atoms with Crippen LogP contribution < -0.4 is 5.73 Å². The van der Waals surface area contributed by atoms with E-state index in [0.717, 1.165) is 19.5 Å². The predicted molar refractivity (Wildman–Crippen MR) is 101 cm³/mol. The van der Waals surface area contributed by atoms with Crippen LogP contribution in [0.2, 0.25) is 0 Å². The summed E-state index contributed by atoms with van der Waals surface area (Å²) in [6.07, 6.45) is 16.8. The highest BCUT2D eigenvalue weighted by Gasteiger charge is 2.28. The average molecular weight is 327 g/mol. The molecule has 0 unspecified atom stereocenters. The van der Waals surface area contributed by atoms with Crippen molar-refractivity contribution in [2.75, 3.05) is 13.1 Å². The van der Waals surface area contributed by atoms with Crippen LogP contribution in [-0.4, -0.2) is 41.3 Å². The Bertz CT molecular complexity index is 258. The largest absolute Gasteiger partial charge is 0.390 e. The van der Waals surface area contributed by atoms with Gasteiger partial charge >= 0.3 is 0 Å². The summed E-state index contributed by atoms with van der Waals surface area (Å²) in [6, 6.07) is 0.654. The molecule has 3 nitrogen and oxygen atoms in total. The fraction of sp³-hybridized carbons (Fsp3) is 1.00. The topological polar surface area (TPSA) is 49.5 Å². The molecule has 2 atom stereocenters. The predicted octanol–water partition coefficient (Wildman–Crippen LogP) is 4.47. The Morgan fingerprint density at radius 3 is 1.91 bits per heavy atom. The molecule has 0 aromatic heterocycles. The molecule has 1 heterocycles. The first-order valence-electron chi connectivity index (χ1n) is 10.4. The lowest BCUT2D eigenvalue weighted by Crippen LogP contribution is -2.53. The highest BCUT2D eigenvalue weighted by molar-refractivity contribution is 4.86. The minimum atomic E-state index is -0.327. The fourth-order valence-corrected chi connectivity index (χ4v) is 3.78. The molecule has 0 aliphatic carbocycles. The van der Waals surface area contributed by atoms with E-state index in [1.54, 1.807) is 0 Å². The Morgan fingerprint density at radius 1 is 0.913 bits per heavy atom. The van der Waals surface area contributed by atoms with Gasteiger partial charge in [-0.1, -0.05) is 78.1 Å². The molecule has 0 aromatic carbocycles. The minimum absolute atomic E-state index is 0.0130. The van der Waals surface area contributed by atoms with Crippen LogP contribution in [-0.2, 0) is 0 Å². The third kappa shape index (κ3) is 9.07. The van der Waals surface area contributed by atoms with Gasteiger partial charge in [-0.15, -0.1) is 0 Å². The summed E-state index contributed by atoms with van der Waals surface area (Å²) < 4.78 is 0. The maximum absolute atomic E-state index is 10.1. The number of aliphatic hydroxyl groups is 1. The number of piperidine rings is 1. The van der Waals surface area contributed by atoms with Gasteiger partial charge in [-0.2, -0.15) is 0 Å². The van der Waals surface area contributed by atoms with Crippen LogP contribution in [0.4, 0.5) is 0 Å². The van der Waals surface area contributed by atoms with E-state index in [2.05, 4.69) is 18.7 Å². The molecule has 0 spiro atoms. The van der Waals surface area contributed by atoms with Crippen molar-refractivity contribution in [3.05, 3.63) is 0 Å². The van der Waals surface area contributed by atoms with Crippen molar-refractivity contribution in [1.29, 1.82) is 0 Å². The lowest BCUT2D eigenvalue weighted by atomic mass is 9.95. The van der Waals surface area contributed by atoms with E-state index in [1.165, 1.54) is 77.0 Å². The number of unbranched alkanes of at least 4 members (excludes halogenated alkanes) is 8. The molecule has 0 amide bonds. The molecular formula is C20H42N2O. The molecule has 3 N–H and O–H groups in total. The van der Waals surface area contributed by atoms with Crippen LogP contribution in [0.1, 0.15) is 97.3 Å². The number of hydrogen-bond acceptors (Lipinski definition) is 3. The standard InChI is InChI=1S/C20H42N2O/c1-3-5-7-9-11-13-18(14-12-10-8-6-4-2)22-16-15-19(21)20(23)17-22/h18-20,23H,3-17,21H2,1-2H3/t19-,20-/m1/s1. The summed E-state index contributed by atoms with van der Waals surface area (Å²) in [5.41, 5.74) is 5.97. The fourth-order valence-electron chi connectivity index (χ4n) is 3.78. The van der Waals surface area contributed by atoms with Gasteiger partial charge in [-0.3, -0.25) is 4.90 Å². The molecule has 0 bridgehead atoms. The molecule has 0 aromatic rings. The van der Waals surface area contributed by atoms with E-state index in [9.17, 15) is 5.11 Å². The average Bonchev–Trinajstić information content (AvgIpc) is 2.55. The first kappa shape index (κ1) is 20.9. The monoisotopic (exact) mass is 326 g/mol. The van der Waals surface area contributed by atoms with E-state index in [-0.39, 0.29) is 12.1 Å². The van der Waals surface area contributed by atoms with Gasteiger partial charge in [0.2, 0.25) is 0 Å². The second kappa shape index (κ2) is 13.2. The molecule has 1 saturated heterocycles. The SMILES string of the molecule is CCCCCCCC(CCCCCCC)N1CC[C@@H](N)[C@H](O)C1. The quantitative estimate of drug-likeness (QED) is 0.491. The highest BCUT2D eigenvalue weighted by Crippen LogP contribution is 2.22. The number of β-amino-alcohol motifs (C(OH)–C–C–N with tert-alkyl or cyclic N) is 1. The molecule has 0 radical (unpaired) electrons. The number of likely N-dealkylation sites (tertiary alicyclic amines) is 1. The van der Waals surface area contributed by atoms with Crippen LogP contribution in [0.15, 0.2) is 0 Å². The Labute approximate surface area is 145 Å². The molecule has 3 heteroatoms. The van der Waals surface area contributed by atoms with Crippen LogP contribution in [0, 0.1) is 0 Å². The van der Waals surface area contributed by atoms with Crippen molar-refractivity contribution in [2.24, 2.45) is 5.73 Å². The smallest absolute Gasteiger partial charge is 0.0818 e. The number of rotatable bonds is 13. The number of nitrogens with two attached hydrogens (primary N) is 1. The van der Waals surface area contributed by atoms with Gasteiger partial charge in [0.15, 0.2) is 0 Å². The molecule has 1 aliphatic heterocycles. The second-order valence-corrected chi connectivity index (χ2v) is 7.57. The zero-order chi connectivity index (χ0) is 16.9. The zero-order valence-electron chi connectivity index (χ0n) is 15.8. The molecule has 1 rings (SSSR count). The summed E-state index contributed by atoms with van der Waals surface area (Å²) in [7, 11) is 0. The van der Waals surface area contributed by atoms with E-state index in [4.69, 9.17) is 5.73 Å².